The van der Waals surface area contributed by atoms with Crippen LogP contribution in [0.25, 0.3) is 11.1 Å². The number of nitrogens with two attached hydrogens (primary N) is 1. The molecule has 2 fully saturated rings. The minimum absolute atomic E-state index is 0.0643. The Labute approximate surface area is 276 Å². The molecule has 1 unspecified atom stereocenters. The minimum Gasteiger partial charge on any atom is -0.366 e. The van der Waals surface area contributed by atoms with Gasteiger partial charge >= 0.3 is 0 Å². The average molecular weight is 654 g/mol. The maximum atomic E-state index is 13.6. The highest BCUT2D eigenvalue weighted by Gasteiger charge is 2.43. The summed E-state index contributed by atoms with van der Waals surface area (Å²) in [5, 5.41) is 0. The highest BCUT2D eigenvalue weighted by Crippen LogP contribution is 2.37. The molecule has 1 atom stereocenters. The normalized spacial score (nSPS) is 19.0. The van der Waals surface area contributed by atoms with Gasteiger partial charge in [-0.2, -0.15) is 0 Å². The Morgan fingerprint density at radius 1 is 0.957 bits per heavy atom. The third-order valence-corrected chi connectivity index (χ3v) is 11.3. The number of piperidine rings is 2. The second-order valence-corrected chi connectivity index (χ2v) is 19.6. The zero-order chi connectivity index (χ0) is 33.3. The Morgan fingerprint density at radius 3 is 2.34 bits per heavy atom. The van der Waals surface area contributed by atoms with Crippen molar-refractivity contribution in [1.29, 1.82) is 0 Å². The highest BCUT2D eigenvalue weighted by molar-refractivity contribution is 6.76. The number of hydrogen-bond acceptors (Lipinski definition) is 7. The summed E-state index contributed by atoms with van der Waals surface area (Å²) in [7, 11) is -1.30. The molecule has 2 aromatic carbocycles. The van der Waals surface area contributed by atoms with Crippen molar-refractivity contribution in [2.45, 2.75) is 69.9 Å². The lowest BCUT2D eigenvalue weighted by molar-refractivity contribution is -0.158. The Balaban J connectivity index is 1.10. The molecule has 3 aromatic rings. The maximum Gasteiger partial charge on any atom is 0.255 e. The fourth-order valence-corrected chi connectivity index (χ4v) is 7.51. The van der Waals surface area contributed by atoms with Crippen LogP contribution in [0.1, 0.15) is 63.4 Å². The van der Waals surface area contributed by atoms with Gasteiger partial charge in [-0.3, -0.25) is 24.1 Å². The molecule has 2 N–H and O–H groups in total. The largest absolute Gasteiger partial charge is 0.366 e. The number of carbonyl (C=O) groups excluding carboxylic acids is 4. The van der Waals surface area contributed by atoms with Crippen LogP contribution >= 0.6 is 0 Å². The summed E-state index contributed by atoms with van der Waals surface area (Å²) in [6.45, 7) is 9.27. The van der Waals surface area contributed by atoms with Crippen molar-refractivity contribution in [3.63, 3.8) is 0 Å². The molecule has 2 saturated heterocycles. The van der Waals surface area contributed by atoms with Gasteiger partial charge in [0.25, 0.3) is 11.8 Å². The van der Waals surface area contributed by atoms with E-state index in [4.69, 9.17) is 10.5 Å². The van der Waals surface area contributed by atoms with Crippen LogP contribution in [0, 0.1) is 0 Å². The zero-order valence-electron chi connectivity index (χ0n) is 27.4. The summed E-state index contributed by atoms with van der Waals surface area (Å²) >= 11 is 0. The van der Waals surface area contributed by atoms with E-state index in [1.54, 1.807) is 11.0 Å². The van der Waals surface area contributed by atoms with Gasteiger partial charge in [0, 0.05) is 52.5 Å². The van der Waals surface area contributed by atoms with E-state index < -0.39 is 20.0 Å². The van der Waals surface area contributed by atoms with Crippen molar-refractivity contribution in [3.8, 4) is 11.1 Å². The first-order valence-electron chi connectivity index (χ1n) is 16.5. The lowest BCUT2D eigenvalue weighted by Crippen LogP contribution is -2.55. The average Bonchev–Trinajstić information content (AvgIpc) is 3.40. The molecule has 0 radical (unpaired) electrons. The van der Waals surface area contributed by atoms with Crippen LogP contribution in [-0.2, 0) is 20.9 Å². The van der Waals surface area contributed by atoms with Crippen LogP contribution in [0.15, 0.2) is 60.8 Å². The Morgan fingerprint density at radius 2 is 1.68 bits per heavy atom. The molecule has 6 rings (SSSR count). The molecule has 0 aliphatic carbocycles. The van der Waals surface area contributed by atoms with Crippen molar-refractivity contribution in [3.05, 3.63) is 83.0 Å². The number of likely N-dealkylation sites (tertiary alicyclic amines) is 1. The summed E-state index contributed by atoms with van der Waals surface area (Å²) in [5.74, 6) is 0.0254. The van der Waals surface area contributed by atoms with Crippen LogP contribution in [0.2, 0.25) is 25.7 Å². The van der Waals surface area contributed by atoms with E-state index in [0.29, 0.717) is 36.6 Å². The molecular formula is C36H43N5O5Si. The van der Waals surface area contributed by atoms with Gasteiger partial charge in [-0.15, -0.1) is 0 Å². The zero-order valence-corrected chi connectivity index (χ0v) is 28.4. The summed E-state index contributed by atoms with van der Waals surface area (Å²) in [6, 6.07) is 18.2. The monoisotopic (exact) mass is 653 g/mol. The number of nitrogens with zero attached hydrogens (tertiary/aromatic N) is 4. The first kappa shape index (κ1) is 32.6. The molecule has 1 aromatic heterocycles. The van der Waals surface area contributed by atoms with E-state index >= 15 is 0 Å². The van der Waals surface area contributed by atoms with Crippen LogP contribution in [0.4, 0.5) is 5.82 Å². The number of primary amides is 1. The van der Waals surface area contributed by atoms with Crippen LogP contribution in [0.5, 0.6) is 0 Å². The predicted molar refractivity (Wildman–Crippen MR) is 183 cm³/mol. The number of pyridine rings is 1. The molecule has 246 valence electrons. The molecule has 4 heterocycles. The van der Waals surface area contributed by atoms with Gasteiger partial charge in [-0.1, -0.05) is 56.0 Å². The van der Waals surface area contributed by atoms with E-state index in [9.17, 15) is 19.2 Å². The van der Waals surface area contributed by atoms with Crippen molar-refractivity contribution in [2.75, 3.05) is 31.3 Å². The number of benzene rings is 2. The van der Waals surface area contributed by atoms with Gasteiger partial charge < -0.3 is 20.3 Å². The molecule has 3 aliphatic heterocycles. The van der Waals surface area contributed by atoms with Crippen molar-refractivity contribution in [2.24, 2.45) is 5.73 Å². The minimum atomic E-state index is -1.30. The van der Waals surface area contributed by atoms with Crippen molar-refractivity contribution in [1.82, 2.24) is 14.8 Å². The van der Waals surface area contributed by atoms with Gasteiger partial charge in [0.15, 0.2) is 0 Å². The van der Waals surface area contributed by atoms with E-state index in [0.717, 1.165) is 54.5 Å². The third kappa shape index (κ3) is 7.01. The van der Waals surface area contributed by atoms with Gasteiger partial charge in [0.05, 0.1) is 5.56 Å². The number of carbonyl (C=O) groups is 4. The topological polar surface area (TPSA) is 126 Å². The number of imide groups is 1. The summed E-state index contributed by atoms with van der Waals surface area (Å²) in [6.07, 6.45) is 4.03. The number of amides is 4. The van der Waals surface area contributed by atoms with Crippen LogP contribution in [-0.4, -0.2) is 79.0 Å². The maximum absolute atomic E-state index is 13.6. The molecule has 0 bridgehead atoms. The molecule has 11 heteroatoms. The highest BCUT2D eigenvalue weighted by atomic mass is 28.3. The van der Waals surface area contributed by atoms with Gasteiger partial charge in [0.1, 0.15) is 18.6 Å². The molecule has 47 heavy (non-hydrogen) atoms. The number of fused-ring (bicyclic) bond motifs is 1. The predicted octanol–water partition coefficient (Wildman–Crippen LogP) is 5.02. The van der Waals surface area contributed by atoms with Crippen molar-refractivity contribution < 1.29 is 23.9 Å². The number of rotatable bonds is 10. The number of anilines is 1. The van der Waals surface area contributed by atoms with E-state index in [-0.39, 0.29) is 30.9 Å². The van der Waals surface area contributed by atoms with E-state index in [1.165, 1.54) is 16.7 Å². The molecular weight excluding hydrogens is 611 g/mol. The first-order valence-corrected chi connectivity index (χ1v) is 20.2. The first-order chi connectivity index (χ1) is 22.5. The quantitative estimate of drug-likeness (QED) is 0.185. The summed E-state index contributed by atoms with van der Waals surface area (Å²) in [5.41, 5.74) is 10.6. The molecule has 10 nitrogen and oxygen atoms in total. The van der Waals surface area contributed by atoms with Crippen LogP contribution in [0.3, 0.4) is 0 Å². The number of aromatic nitrogens is 1. The lowest BCUT2D eigenvalue weighted by atomic mass is 9.88. The van der Waals surface area contributed by atoms with Crippen LogP contribution < -0.4 is 10.6 Å². The Bertz CT molecular complexity index is 1660. The van der Waals surface area contributed by atoms with E-state index in [2.05, 4.69) is 53.8 Å². The third-order valence-electron chi connectivity index (χ3n) is 9.62. The molecule has 0 spiro atoms. The molecule has 4 amide bonds. The van der Waals surface area contributed by atoms with Gasteiger partial charge in [0.2, 0.25) is 11.8 Å². The summed E-state index contributed by atoms with van der Waals surface area (Å²) < 4.78 is 5.75. The Kier molecular flexibility index (Phi) is 9.29. The number of hydrogen-bond donors (Lipinski definition) is 1. The molecule has 3 aliphatic rings. The van der Waals surface area contributed by atoms with Gasteiger partial charge in [-0.05, 0) is 71.7 Å². The van der Waals surface area contributed by atoms with Gasteiger partial charge in [-0.25, -0.2) is 4.98 Å². The number of ether oxygens (including phenoxy) is 1. The fourth-order valence-electron chi connectivity index (χ4n) is 6.75. The molecule has 0 saturated carbocycles. The fraction of sp³-hybridized carbons (Fsp3) is 0.417. The standard InChI is InChI=1S/C36H43N5O5Si/c1-47(2,3)20-19-46-23-41-33(42)14-12-31(36(41)45)40-22-30-28(5-4-6-29(30)35(40)44)26-9-7-24(8-10-26)25-15-17-39(18-16-25)32-13-11-27(21-38-32)34(37)43/h4-11,13,21,25,31H,12,14-20,22-23H2,1-3H3,(H2,37,43). The lowest BCUT2D eigenvalue weighted by Gasteiger charge is -2.35. The van der Waals surface area contributed by atoms with E-state index in [1.807, 2.05) is 24.3 Å². The van der Waals surface area contributed by atoms with Crippen molar-refractivity contribution >= 4 is 37.5 Å². The summed E-state index contributed by atoms with van der Waals surface area (Å²) in [4.78, 5) is 60.7. The Hall–Kier alpha value is -4.35. The smallest absolute Gasteiger partial charge is 0.255 e. The second kappa shape index (κ2) is 13.4. The second-order valence-electron chi connectivity index (χ2n) is 14.0. The SMILES string of the molecule is C[Si](C)(C)CCOCN1C(=O)CCC(N2Cc3c(cccc3-c3ccc(C4CCN(c5ccc(C(N)=O)cn5)CC4)cc3)C2=O)C1=O.